The molecule has 1 aliphatic rings. The highest BCUT2D eigenvalue weighted by Crippen LogP contribution is 2.38. The predicted octanol–water partition coefficient (Wildman–Crippen LogP) is 1.23. The van der Waals surface area contributed by atoms with Gasteiger partial charge in [0.15, 0.2) is 0 Å². The van der Waals surface area contributed by atoms with Gasteiger partial charge in [0.25, 0.3) is 0 Å². The van der Waals surface area contributed by atoms with Crippen molar-refractivity contribution in [3.8, 4) is 0 Å². The summed E-state index contributed by atoms with van der Waals surface area (Å²) in [7, 11) is 1.95. The number of hydrogen-bond acceptors (Lipinski definition) is 3. The summed E-state index contributed by atoms with van der Waals surface area (Å²) < 4.78 is 0. The van der Waals surface area contributed by atoms with Crippen molar-refractivity contribution in [1.29, 1.82) is 0 Å². The van der Waals surface area contributed by atoms with Crippen LogP contribution in [0.3, 0.4) is 0 Å². The lowest BCUT2D eigenvalue weighted by molar-refractivity contribution is -0.194. The molecular formula is C9H20N2O. The quantitative estimate of drug-likeness (QED) is 0.624. The lowest BCUT2D eigenvalue weighted by Crippen LogP contribution is -2.51. The second-order valence-corrected chi connectivity index (χ2v) is 4.82. The van der Waals surface area contributed by atoms with Gasteiger partial charge in [-0.05, 0) is 41.2 Å². The van der Waals surface area contributed by atoms with Gasteiger partial charge in [-0.3, -0.25) is 0 Å². The van der Waals surface area contributed by atoms with Crippen molar-refractivity contribution in [3.63, 3.8) is 0 Å². The van der Waals surface area contributed by atoms with Crippen molar-refractivity contribution < 1.29 is 5.21 Å². The fraction of sp³-hybridized carbons (Fsp3) is 1.00. The van der Waals surface area contributed by atoms with Gasteiger partial charge in [0.2, 0.25) is 0 Å². The normalized spacial score (nSPS) is 34.0. The number of likely N-dealkylation sites (N-methyl/N-ethyl adjacent to an activating group) is 1. The van der Waals surface area contributed by atoms with E-state index in [1.807, 2.05) is 7.05 Å². The molecule has 1 aliphatic heterocycles. The van der Waals surface area contributed by atoms with Crippen LogP contribution in [0.1, 0.15) is 34.1 Å². The SMILES string of the molecule is CNC1CC(C)(C)N(O)C1(C)C. The first-order chi connectivity index (χ1) is 5.32. The third-order valence-electron chi connectivity index (χ3n) is 3.02. The summed E-state index contributed by atoms with van der Waals surface area (Å²) in [6.07, 6.45) is 0.979. The smallest absolute Gasteiger partial charge is 0.0563 e. The van der Waals surface area contributed by atoms with E-state index in [0.29, 0.717) is 6.04 Å². The van der Waals surface area contributed by atoms with Crippen LogP contribution in [0.25, 0.3) is 0 Å². The van der Waals surface area contributed by atoms with Crippen LogP contribution >= 0.6 is 0 Å². The number of nitrogens with one attached hydrogen (secondary N) is 1. The molecule has 0 spiro atoms. The number of nitrogens with zero attached hydrogens (tertiary/aromatic N) is 1. The molecule has 1 saturated heterocycles. The molecule has 1 atom stereocenters. The molecule has 0 aromatic rings. The van der Waals surface area contributed by atoms with Gasteiger partial charge < -0.3 is 10.5 Å². The Morgan fingerprint density at radius 1 is 1.33 bits per heavy atom. The molecule has 1 heterocycles. The molecule has 2 N–H and O–H groups in total. The van der Waals surface area contributed by atoms with Crippen molar-refractivity contribution in [2.24, 2.45) is 0 Å². The van der Waals surface area contributed by atoms with Gasteiger partial charge in [0.05, 0.1) is 5.54 Å². The molecule has 0 saturated carbocycles. The fourth-order valence-electron chi connectivity index (χ4n) is 2.22. The first-order valence-corrected chi connectivity index (χ1v) is 4.49. The summed E-state index contributed by atoms with van der Waals surface area (Å²) in [5.41, 5.74) is -0.282. The number of rotatable bonds is 1. The fourth-order valence-corrected chi connectivity index (χ4v) is 2.22. The van der Waals surface area contributed by atoms with E-state index in [9.17, 15) is 5.21 Å². The average Bonchev–Trinajstić information content (AvgIpc) is 2.11. The number of hydrogen-bond donors (Lipinski definition) is 2. The molecule has 1 fully saturated rings. The highest BCUT2D eigenvalue weighted by Gasteiger charge is 2.50. The van der Waals surface area contributed by atoms with Crippen molar-refractivity contribution in [2.75, 3.05) is 7.05 Å². The van der Waals surface area contributed by atoms with Gasteiger partial charge in [-0.1, -0.05) is 0 Å². The Kier molecular flexibility index (Phi) is 2.23. The predicted molar refractivity (Wildman–Crippen MR) is 49.2 cm³/mol. The molecule has 0 bridgehead atoms. The highest BCUT2D eigenvalue weighted by molar-refractivity contribution is 5.05. The first-order valence-electron chi connectivity index (χ1n) is 4.49. The Morgan fingerprint density at radius 2 is 1.83 bits per heavy atom. The number of hydroxylamine groups is 2. The summed E-state index contributed by atoms with van der Waals surface area (Å²) in [6, 6.07) is 0.359. The van der Waals surface area contributed by atoms with E-state index in [2.05, 4.69) is 33.0 Å². The van der Waals surface area contributed by atoms with Crippen LogP contribution in [0.5, 0.6) is 0 Å². The maximum absolute atomic E-state index is 9.88. The van der Waals surface area contributed by atoms with Crippen LogP contribution in [0, 0.1) is 0 Å². The lowest BCUT2D eigenvalue weighted by atomic mass is 9.95. The lowest BCUT2D eigenvalue weighted by Gasteiger charge is -2.35. The molecule has 1 unspecified atom stereocenters. The van der Waals surface area contributed by atoms with Crippen LogP contribution in [0.2, 0.25) is 0 Å². The van der Waals surface area contributed by atoms with Crippen molar-refractivity contribution in [3.05, 3.63) is 0 Å². The van der Waals surface area contributed by atoms with Gasteiger partial charge in [0, 0.05) is 11.6 Å². The molecule has 3 heteroatoms. The molecular weight excluding hydrogens is 152 g/mol. The van der Waals surface area contributed by atoms with Gasteiger partial charge in [-0.2, -0.15) is 5.06 Å². The van der Waals surface area contributed by atoms with Gasteiger partial charge >= 0.3 is 0 Å². The van der Waals surface area contributed by atoms with E-state index < -0.39 is 0 Å². The summed E-state index contributed by atoms with van der Waals surface area (Å²) in [5, 5.41) is 14.6. The van der Waals surface area contributed by atoms with Crippen molar-refractivity contribution in [2.45, 2.75) is 51.2 Å². The van der Waals surface area contributed by atoms with E-state index in [1.165, 1.54) is 5.06 Å². The molecule has 72 valence electrons. The monoisotopic (exact) mass is 172 g/mol. The Bertz CT molecular complexity index is 177. The molecule has 3 nitrogen and oxygen atoms in total. The minimum atomic E-state index is -0.168. The summed E-state index contributed by atoms with van der Waals surface area (Å²) in [4.78, 5) is 0. The van der Waals surface area contributed by atoms with Crippen LogP contribution in [0.4, 0.5) is 0 Å². The van der Waals surface area contributed by atoms with Gasteiger partial charge in [-0.25, -0.2) is 0 Å². The van der Waals surface area contributed by atoms with Gasteiger partial charge in [-0.15, -0.1) is 0 Å². The van der Waals surface area contributed by atoms with Crippen molar-refractivity contribution in [1.82, 2.24) is 10.4 Å². The summed E-state index contributed by atoms with van der Waals surface area (Å²) in [6.45, 7) is 8.24. The molecule has 0 amide bonds. The minimum absolute atomic E-state index is 0.114. The van der Waals surface area contributed by atoms with E-state index in [-0.39, 0.29) is 11.1 Å². The third kappa shape index (κ3) is 1.26. The second kappa shape index (κ2) is 2.69. The van der Waals surface area contributed by atoms with Crippen molar-refractivity contribution >= 4 is 0 Å². The standard InChI is InChI=1S/C9H20N2O/c1-8(2)6-7(10-5)9(3,4)11(8)12/h7,10,12H,6H2,1-5H3. The largest absolute Gasteiger partial charge is 0.315 e. The molecule has 1 rings (SSSR count). The second-order valence-electron chi connectivity index (χ2n) is 4.82. The molecule has 0 aliphatic carbocycles. The average molecular weight is 172 g/mol. The van der Waals surface area contributed by atoms with E-state index in [4.69, 9.17) is 0 Å². The third-order valence-corrected chi connectivity index (χ3v) is 3.02. The van der Waals surface area contributed by atoms with Crippen LogP contribution < -0.4 is 5.32 Å². The minimum Gasteiger partial charge on any atom is -0.315 e. The van der Waals surface area contributed by atoms with Crippen LogP contribution in [0.15, 0.2) is 0 Å². The zero-order valence-corrected chi connectivity index (χ0v) is 8.68. The molecule has 12 heavy (non-hydrogen) atoms. The molecule has 0 aromatic carbocycles. The molecule has 0 aromatic heterocycles. The highest BCUT2D eigenvalue weighted by atomic mass is 16.5. The first kappa shape index (κ1) is 9.96. The van der Waals surface area contributed by atoms with E-state index in [0.717, 1.165) is 6.42 Å². The van der Waals surface area contributed by atoms with E-state index in [1.54, 1.807) is 0 Å². The van der Waals surface area contributed by atoms with Crippen LogP contribution in [-0.2, 0) is 0 Å². The Morgan fingerprint density at radius 3 is 2.00 bits per heavy atom. The topological polar surface area (TPSA) is 35.5 Å². The Labute approximate surface area is 74.7 Å². The van der Waals surface area contributed by atoms with Crippen LogP contribution in [-0.4, -0.2) is 34.4 Å². The maximum Gasteiger partial charge on any atom is 0.0563 e. The molecule has 0 radical (unpaired) electrons. The van der Waals surface area contributed by atoms with E-state index >= 15 is 0 Å². The summed E-state index contributed by atoms with van der Waals surface area (Å²) >= 11 is 0. The summed E-state index contributed by atoms with van der Waals surface area (Å²) in [5.74, 6) is 0. The van der Waals surface area contributed by atoms with Gasteiger partial charge in [0.1, 0.15) is 0 Å². The zero-order chi connectivity index (χ0) is 9.57. The zero-order valence-electron chi connectivity index (χ0n) is 8.68. The maximum atomic E-state index is 9.88. The Balaban J connectivity index is 2.88. The Hall–Kier alpha value is -0.120.